The molecule has 1 amide bonds. The van der Waals surface area contributed by atoms with E-state index >= 15 is 0 Å². The molecule has 1 aromatic carbocycles. The van der Waals surface area contributed by atoms with Gasteiger partial charge in [0.2, 0.25) is 5.91 Å². The Morgan fingerprint density at radius 1 is 1.22 bits per heavy atom. The zero-order valence-electron chi connectivity index (χ0n) is 11.1. The van der Waals surface area contributed by atoms with Crippen LogP contribution in [0.2, 0.25) is 0 Å². The highest BCUT2D eigenvalue weighted by molar-refractivity contribution is 5.78. The molecule has 2 N–H and O–H groups in total. The van der Waals surface area contributed by atoms with Crippen molar-refractivity contribution in [3.8, 4) is 0 Å². The minimum absolute atomic E-state index is 0.0515. The molecule has 0 aromatic heterocycles. The van der Waals surface area contributed by atoms with Crippen LogP contribution in [0.4, 0.5) is 5.69 Å². The van der Waals surface area contributed by atoms with E-state index in [4.69, 9.17) is 5.73 Å². The summed E-state index contributed by atoms with van der Waals surface area (Å²) in [6.07, 6.45) is 0. The zero-order chi connectivity index (χ0) is 13.1. The minimum atomic E-state index is 0.0515. The Kier molecular flexibility index (Phi) is 3.87. The summed E-state index contributed by atoms with van der Waals surface area (Å²) in [5.74, 6) is 0.0515. The number of anilines is 1. The summed E-state index contributed by atoms with van der Waals surface area (Å²) in [6, 6.07) is 6.38. The summed E-state index contributed by atoms with van der Waals surface area (Å²) in [5, 5.41) is 0. The van der Waals surface area contributed by atoms with Gasteiger partial charge in [0.25, 0.3) is 0 Å². The largest absolute Gasteiger partial charge is 0.368 e. The average molecular weight is 247 g/mol. The van der Waals surface area contributed by atoms with Crippen LogP contribution in [-0.4, -0.2) is 43.5 Å². The number of carbonyl (C=O) groups is 1. The number of nitrogens with two attached hydrogens (primary N) is 1. The van der Waals surface area contributed by atoms with Gasteiger partial charge in [0.1, 0.15) is 0 Å². The van der Waals surface area contributed by atoms with Gasteiger partial charge in [0, 0.05) is 31.9 Å². The van der Waals surface area contributed by atoms with Gasteiger partial charge in [0.05, 0.1) is 6.54 Å². The maximum absolute atomic E-state index is 11.5. The van der Waals surface area contributed by atoms with E-state index in [9.17, 15) is 4.79 Å². The van der Waals surface area contributed by atoms with E-state index in [2.05, 4.69) is 36.9 Å². The molecule has 1 saturated heterocycles. The van der Waals surface area contributed by atoms with Crippen LogP contribution in [0, 0.1) is 13.8 Å². The van der Waals surface area contributed by atoms with Gasteiger partial charge < -0.3 is 15.5 Å². The molecule has 1 aromatic rings. The summed E-state index contributed by atoms with van der Waals surface area (Å²) in [5.41, 5.74) is 9.32. The molecule has 1 aliphatic heterocycles. The number of amides is 1. The van der Waals surface area contributed by atoms with Gasteiger partial charge in [0.15, 0.2) is 0 Å². The lowest BCUT2D eigenvalue weighted by atomic mass is 10.1. The predicted octanol–water partition coefficient (Wildman–Crippen LogP) is 0.911. The number of rotatable bonds is 2. The first-order chi connectivity index (χ1) is 8.63. The second-order valence-corrected chi connectivity index (χ2v) is 4.79. The molecule has 0 radical (unpaired) electrons. The third-order valence-electron chi connectivity index (χ3n) is 3.72. The number of piperazine rings is 1. The number of hydrogen-bond acceptors (Lipinski definition) is 3. The van der Waals surface area contributed by atoms with Gasteiger partial charge in [-0.2, -0.15) is 0 Å². The van der Waals surface area contributed by atoms with Gasteiger partial charge in [-0.05, 0) is 31.0 Å². The molecule has 0 bridgehead atoms. The fraction of sp³-hybridized carbons (Fsp3) is 0.500. The molecule has 0 aliphatic carbocycles. The quantitative estimate of drug-likeness (QED) is 0.845. The van der Waals surface area contributed by atoms with Crippen molar-refractivity contribution in [2.75, 3.05) is 37.6 Å². The monoisotopic (exact) mass is 247 g/mol. The van der Waals surface area contributed by atoms with Crippen LogP contribution in [-0.2, 0) is 4.79 Å². The van der Waals surface area contributed by atoms with Crippen molar-refractivity contribution >= 4 is 11.6 Å². The van der Waals surface area contributed by atoms with Crippen LogP contribution in [0.15, 0.2) is 18.2 Å². The topological polar surface area (TPSA) is 49.6 Å². The van der Waals surface area contributed by atoms with Gasteiger partial charge in [-0.15, -0.1) is 0 Å². The van der Waals surface area contributed by atoms with E-state index < -0.39 is 0 Å². The smallest absolute Gasteiger partial charge is 0.236 e. The first kappa shape index (κ1) is 12.9. The Morgan fingerprint density at radius 2 is 1.89 bits per heavy atom. The third-order valence-corrected chi connectivity index (χ3v) is 3.72. The molecule has 1 aliphatic rings. The fourth-order valence-electron chi connectivity index (χ4n) is 2.40. The molecule has 4 nitrogen and oxygen atoms in total. The lowest BCUT2D eigenvalue weighted by Gasteiger charge is -2.37. The summed E-state index contributed by atoms with van der Waals surface area (Å²) in [6.45, 7) is 7.71. The van der Waals surface area contributed by atoms with E-state index in [-0.39, 0.29) is 12.5 Å². The standard InChI is InChI=1S/C14H21N3O/c1-11-4-3-5-13(12(11)2)16-6-8-17(9-7-16)14(18)10-15/h3-5H,6-10,15H2,1-2H3. The van der Waals surface area contributed by atoms with E-state index in [0.717, 1.165) is 26.2 Å². The van der Waals surface area contributed by atoms with Crippen molar-refractivity contribution in [2.24, 2.45) is 5.73 Å². The van der Waals surface area contributed by atoms with Gasteiger partial charge >= 0.3 is 0 Å². The van der Waals surface area contributed by atoms with Gasteiger partial charge in [-0.1, -0.05) is 12.1 Å². The highest BCUT2D eigenvalue weighted by Gasteiger charge is 2.21. The van der Waals surface area contributed by atoms with Crippen molar-refractivity contribution < 1.29 is 4.79 Å². The van der Waals surface area contributed by atoms with Crippen molar-refractivity contribution in [3.05, 3.63) is 29.3 Å². The highest BCUT2D eigenvalue weighted by atomic mass is 16.2. The maximum Gasteiger partial charge on any atom is 0.236 e. The Balaban J connectivity index is 2.06. The molecule has 2 rings (SSSR count). The molecule has 0 spiro atoms. The normalized spacial score (nSPS) is 15.9. The van der Waals surface area contributed by atoms with Gasteiger partial charge in [-0.3, -0.25) is 4.79 Å². The Morgan fingerprint density at radius 3 is 2.50 bits per heavy atom. The van der Waals surface area contributed by atoms with Crippen LogP contribution in [0.3, 0.4) is 0 Å². The van der Waals surface area contributed by atoms with Crippen LogP contribution >= 0.6 is 0 Å². The first-order valence-electron chi connectivity index (χ1n) is 6.42. The molecule has 98 valence electrons. The minimum Gasteiger partial charge on any atom is -0.368 e. The van der Waals surface area contributed by atoms with E-state index in [1.807, 2.05) is 4.90 Å². The molecule has 0 atom stereocenters. The summed E-state index contributed by atoms with van der Waals surface area (Å²) < 4.78 is 0. The Labute approximate surface area is 108 Å². The number of hydrogen-bond donors (Lipinski definition) is 1. The van der Waals surface area contributed by atoms with Crippen LogP contribution < -0.4 is 10.6 Å². The molecule has 18 heavy (non-hydrogen) atoms. The maximum atomic E-state index is 11.5. The van der Waals surface area contributed by atoms with Gasteiger partial charge in [-0.25, -0.2) is 0 Å². The SMILES string of the molecule is Cc1cccc(N2CCN(C(=O)CN)CC2)c1C. The molecule has 4 heteroatoms. The lowest BCUT2D eigenvalue weighted by molar-refractivity contribution is -0.129. The molecule has 0 saturated carbocycles. The van der Waals surface area contributed by atoms with Crippen molar-refractivity contribution in [1.82, 2.24) is 4.90 Å². The van der Waals surface area contributed by atoms with Crippen LogP contribution in [0.1, 0.15) is 11.1 Å². The van der Waals surface area contributed by atoms with E-state index in [1.165, 1.54) is 16.8 Å². The second-order valence-electron chi connectivity index (χ2n) is 4.79. The predicted molar refractivity (Wildman–Crippen MR) is 73.8 cm³/mol. The van der Waals surface area contributed by atoms with E-state index in [0.29, 0.717) is 0 Å². The summed E-state index contributed by atoms with van der Waals surface area (Å²) >= 11 is 0. The molecular formula is C14H21N3O. The highest BCUT2D eigenvalue weighted by Crippen LogP contribution is 2.23. The van der Waals surface area contributed by atoms with Crippen molar-refractivity contribution in [1.29, 1.82) is 0 Å². The van der Waals surface area contributed by atoms with Crippen LogP contribution in [0.5, 0.6) is 0 Å². The van der Waals surface area contributed by atoms with Crippen LogP contribution in [0.25, 0.3) is 0 Å². The first-order valence-corrected chi connectivity index (χ1v) is 6.42. The summed E-state index contributed by atoms with van der Waals surface area (Å²) in [4.78, 5) is 15.7. The van der Waals surface area contributed by atoms with Crippen molar-refractivity contribution in [2.45, 2.75) is 13.8 Å². The second kappa shape index (κ2) is 5.40. The van der Waals surface area contributed by atoms with E-state index in [1.54, 1.807) is 0 Å². The Hall–Kier alpha value is -1.55. The zero-order valence-corrected chi connectivity index (χ0v) is 11.1. The summed E-state index contributed by atoms with van der Waals surface area (Å²) in [7, 11) is 0. The molecule has 1 fully saturated rings. The fourth-order valence-corrected chi connectivity index (χ4v) is 2.40. The number of nitrogens with zero attached hydrogens (tertiary/aromatic N) is 2. The Bertz CT molecular complexity index is 437. The molecule has 1 heterocycles. The number of aryl methyl sites for hydroxylation is 1. The lowest BCUT2D eigenvalue weighted by Crippen LogP contribution is -2.50. The number of carbonyl (C=O) groups excluding carboxylic acids is 1. The molecule has 0 unspecified atom stereocenters. The molecular weight excluding hydrogens is 226 g/mol. The average Bonchev–Trinajstić information content (AvgIpc) is 2.41. The number of benzene rings is 1. The van der Waals surface area contributed by atoms with Crippen molar-refractivity contribution in [3.63, 3.8) is 0 Å². The third kappa shape index (κ3) is 2.48.